The van der Waals surface area contributed by atoms with Crippen LogP contribution in [0, 0.1) is 0 Å². The molecule has 0 aliphatic heterocycles. The summed E-state index contributed by atoms with van der Waals surface area (Å²) in [6.45, 7) is 0.174. The highest BCUT2D eigenvalue weighted by Crippen LogP contribution is 2.37. The lowest BCUT2D eigenvalue weighted by Crippen LogP contribution is -2.17. The fraction of sp³-hybridized carbons (Fsp3) is 0.0909. The van der Waals surface area contributed by atoms with Crippen molar-refractivity contribution in [1.82, 2.24) is 5.43 Å². The molecule has 1 amide bonds. The molecule has 3 aromatic rings. The molecule has 31 heavy (non-hydrogen) atoms. The second kappa shape index (κ2) is 10.7. The summed E-state index contributed by atoms with van der Waals surface area (Å²) < 4.78 is 11.2. The third-order valence-electron chi connectivity index (χ3n) is 4.14. The second-order valence-electron chi connectivity index (χ2n) is 6.24. The minimum Gasteiger partial charge on any atom is -0.493 e. The van der Waals surface area contributed by atoms with Gasteiger partial charge in [0.25, 0.3) is 5.91 Å². The van der Waals surface area contributed by atoms with Crippen LogP contribution in [0.4, 0.5) is 0 Å². The molecule has 0 saturated carbocycles. The number of carbonyl (C=O) groups is 1. The van der Waals surface area contributed by atoms with E-state index in [0.29, 0.717) is 42.7 Å². The van der Waals surface area contributed by atoms with Crippen LogP contribution < -0.4 is 14.9 Å². The standard InChI is InChI=1S/C22H16Cl4N2O3/c1-30-20-9-13(11-27-28-22(29)16-4-2-3-5-17(16)24)8-19(26)21(20)31-12-14-6-7-15(23)10-18(14)25/h2-11H,12H2,1H3,(H,28,29)/b27-11-. The normalized spacial score (nSPS) is 10.9. The second-order valence-corrected chi connectivity index (χ2v) is 7.90. The van der Waals surface area contributed by atoms with E-state index in [1.165, 1.54) is 13.3 Å². The molecule has 3 rings (SSSR count). The van der Waals surface area contributed by atoms with Gasteiger partial charge in [-0.3, -0.25) is 4.79 Å². The molecule has 0 atom stereocenters. The number of ether oxygens (including phenoxy) is 2. The smallest absolute Gasteiger partial charge is 0.272 e. The molecule has 160 valence electrons. The highest BCUT2D eigenvalue weighted by molar-refractivity contribution is 6.35. The number of methoxy groups -OCH3 is 1. The minimum atomic E-state index is -0.431. The van der Waals surface area contributed by atoms with Gasteiger partial charge in [0.15, 0.2) is 11.5 Å². The van der Waals surface area contributed by atoms with Crippen molar-refractivity contribution >= 4 is 58.5 Å². The van der Waals surface area contributed by atoms with Gasteiger partial charge in [-0.25, -0.2) is 5.43 Å². The molecule has 0 saturated heterocycles. The number of hydrazone groups is 1. The van der Waals surface area contributed by atoms with E-state index in [2.05, 4.69) is 10.5 Å². The molecule has 0 spiro atoms. The molecule has 3 aromatic carbocycles. The van der Waals surface area contributed by atoms with Crippen LogP contribution in [0.1, 0.15) is 21.5 Å². The Labute approximate surface area is 199 Å². The molecule has 0 unspecified atom stereocenters. The molecule has 1 N–H and O–H groups in total. The molecule has 0 heterocycles. The van der Waals surface area contributed by atoms with Gasteiger partial charge >= 0.3 is 0 Å². The first-order valence-electron chi connectivity index (χ1n) is 8.91. The van der Waals surface area contributed by atoms with Gasteiger partial charge in [-0.1, -0.05) is 64.6 Å². The Morgan fingerprint density at radius 3 is 2.48 bits per heavy atom. The van der Waals surface area contributed by atoms with Gasteiger partial charge in [-0.2, -0.15) is 5.10 Å². The van der Waals surface area contributed by atoms with E-state index in [1.54, 1.807) is 54.6 Å². The third-order valence-corrected chi connectivity index (χ3v) is 5.33. The molecule has 0 bridgehead atoms. The van der Waals surface area contributed by atoms with Crippen LogP contribution in [0.3, 0.4) is 0 Å². The van der Waals surface area contributed by atoms with Gasteiger partial charge in [-0.05, 0) is 42.0 Å². The van der Waals surface area contributed by atoms with E-state index in [9.17, 15) is 4.79 Å². The Morgan fingerprint density at radius 1 is 1.00 bits per heavy atom. The summed E-state index contributed by atoms with van der Waals surface area (Å²) in [6, 6.07) is 15.1. The maximum Gasteiger partial charge on any atom is 0.272 e. The van der Waals surface area contributed by atoms with Crippen LogP contribution in [-0.4, -0.2) is 19.2 Å². The van der Waals surface area contributed by atoms with E-state index in [-0.39, 0.29) is 6.61 Å². The predicted molar refractivity (Wildman–Crippen MR) is 125 cm³/mol. The van der Waals surface area contributed by atoms with Crippen molar-refractivity contribution in [1.29, 1.82) is 0 Å². The number of benzene rings is 3. The quantitative estimate of drug-likeness (QED) is 0.293. The molecular formula is C22H16Cl4N2O3. The van der Waals surface area contributed by atoms with E-state index < -0.39 is 5.91 Å². The Hall–Kier alpha value is -2.44. The van der Waals surface area contributed by atoms with Crippen LogP contribution in [0.15, 0.2) is 59.7 Å². The number of nitrogens with one attached hydrogen (secondary N) is 1. The van der Waals surface area contributed by atoms with Crippen molar-refractivity contribution in [3.8, 4) is 11.5 Å². The Kier molecular flexibility index (Phi) is 8.04. The summed E-state index contributed by atoms with van der Waals surface area (Å²) in [5, 5.41) is 5.62. The minimum absolute atomic E-state index is 0.174. The van der Waals surface area contributed by atoms with Gasteiger partial charge in [0.2, 0.25) is 0 Å². The summed E-state index contributed by atoms with van der Waals surface area (Å²) in [5.74, 6) is 0.323. The lowest BCUT2D eigenvalue weighted by Gasteiger charge is -2.14. The topological polar surface area (TPSA) is 59.9 Å². The van der Waals surface area contributed by atoms with Crippen molar-refractivity contribution < 1.29 is 14.3 Å². The van der Waals surface area contributed by atoms with Gasteiger partial charge < -0.3 is 9.47 Å². The first kappa shape index (κ1) is 23.2. The molecule has 5 nitrogen and oxygen atoms in total. The third kappa shape index (κ3) is 6.05. The Morgan fingerprint density at radius 2 is 1.77 bits per heavy atom. The summed E-state index contributed by atoms with van der Waals surface area (Å²) in [5.41, 5.74) is 4.09. The number of hydrogen-bond acceptors (Lipinski definition) is 4. The fourth-order valence-corrected chi connectivity index (χ4v) is 3.57. The molecular weight excluding hydrogens is 482 g/mol. The predicted octanol–water partition coefficient (Wildman–Crippen LogP) is 6.65. The maximum atomic E-state index is 12.2. The van der Waals surface area contributed by atoms with Crippen LogP contribution in [0.5, 0.6) is 11.5 Å². The first-order chi connectivity index (χ1) is 14.9. The molecule has 0 fully saturated rings. The molecule has 0 aromatic heterocycles. The van der Waals surface area contributed by atoms with Crippen molar-refractivity contribution in [2.45, 2.75) is 6.61 Å². The first-order valence-corrected chi connectivity index (χ1v) is 10.4. The van der Waals surface area contributed by atoms with Crippen molar-refractivity contribution in [2.75, 3.05) is 7.11 Å². The van der Waals surface area contributed by atoms with Crippen LogP contribution in [-0.2, 0) is 6.61 Å². The summed E-state index contributed by atoms with van der Waals surface area (Å²) in [4.78, 5) is 12.2. The molecule has 9 heteroatoms. The SMILES string of the molecule is COc1cc(/C=N\NC(=O)c2ccccc2Cl)cc(Cl)c1OCc1ccc(Cl)cc1Cl. The van der Waals surface area contributed by atoms with Gasteiger partial charge in [0.1, 0.15) is 6.61 Å². The van der Waals surface area contributed by atoms with E-state index in [0.717, 1.165) is 5.56 Å². The number of nitrogens with zero attached hydrogens (tertiary/aromatic N) is 1. The van der Waals surface area contributed by atoms with Gasteiger partial charge in [0.05, 0.1) is 28.9 Å². The van der Waals surface area contributed by atoms with Crippen molar-refractivity contribution in [3.05, 3.63) is 91.4 Å². The van der Waals surface area contributed by atoms with Crippen LogP contribution in [0.25, 0.3) is 0 Å². The zero-order valence-electron chi connectivity index (χ0n) is 16.2. The average Bonchev–Trinajstić information content (AvgIpc) is 2.74. The number of carbonyl (C=O) groups excluding carboxylic acids is 1. The van der Waals surface area contributed by atoms with Crippen LogP contribution in [0.2, 0.25) is 20.1 Å². The molecule has 0 aliphatic carbocycles. The largest absolute Gasteiger partial charge is 0.493 e. The van der Waals surface area contributed by atoms with E-state index >= 15 is 0 Å². The van der Waals surface area contributed by atoms with Crippen molar-refractivity contribution in [2.24, 2.45) is 5.10 Å². The maximum absolute atomic E-state index is 12.2. The number of rotatable bonds is 7. The average molecular weight is 498 g/mol. The van der Waals surface area contributed by atoms with E-state index in [4.69, 9.17) is 55.9 Å². The Balaban J connectivity index is 1.72. The highest BCUT2D eigenvalue weighted by Gasteiger charge is 2.13. The van der Waals surface area contributed by atoms with E-state index in [1.807, 2.05) is 0 Å². The summed E-state index contributed by atoms with van der Waals surface area (Å²) in [7, 11) is 1.49. The number of hydrogen-bond donors (Lipinski definition) is 1. The summed E-state index contributed by atoms with van der Waals surface area (Å²) >= 11 is 24.5. The zero-order chi connectivity index (χ0) is 22.4. The summed E-state index contributed by atoms with van der Waals surface area (Å²) in [6.07, 6.45) is 1.43. The molecule has 0 radical (unpaired) electrons. The Bertz CT molecular complexity index is 1140. The lowest BCUT2D eigenvalue weighted by atomic mass is 10.2. The monoisotopic (exact) mass is 496 g/mol. The number of halogens is 4. The lowest BCUT2D eigenvalue weighted by molar-refractivity contribution is 0.0955. The van der Waals surface area contributed by atoms with Crippen LogP contribution >= 0.6 is 46.4 Å². The van der Waals surface area contributed by atoms with Gasteiger partial charge in [-0.15, -0.1) is 0 Å². The molecule has 0 aliphatic rings. The zero-order valence-corrected chi connectivity index (χ0v) is 19.2. The highest BCUT2D eigenvalue weighted by atomic mass is 35.5. The van der Waals surface area contributed by atoms with Gasteiger partial charge in [0, 0.05) is 15.6 Å². The fourth-order valence-electron chi connectivity index (χ4n) is 2.61. The number of amides is 1. The van der Waals surface area contributed by atoms with Crippen molar-refractivity contribution in [3.63, 3.8) is 0 Å².